The van der Waals surface area contributed by atoms with Gasteiger partial charge in [0.1, 0.15) is 5.75 Å². The van der Waals surface area contributed by atoms with Gasteiger partial charge in [-0.15, -0.1) is 11.8 Å². The molecule has 0 fully saturated rings. The first-order valence-electron chi connectivity index (χ1n) is 7.40. The molecule has 0 unspecified atom stereocenters. The Balaban J connectivity index is 1.61. The average molecular weight is 364 g/mol. The molecule has 0 aliphatic carbocycles. The van der Waals surface area contributed by atoms with Crippen LogP contribution < -0.4 is 15.4 Å². The quantitative estimate of drug-likeness (QED) is 0.855. The van der Waals surface area contributed by atoms with Gasteiger partial charge >= 0.3 is 6.61 Å². The van der Waals surface area contributed by atoms with Crippen molar-refractivity contribution in [2.75, 3.05) is 11.1 Å². The van der Waals surface area contributed by atoms with Crippen LogP contribution in [0, 0.1) is 0 Å². The Hall–Kier alpha value is -2.61. The first-order chi connectivity index (χ1) is 12.0. The van der Waals surface area contributed by atoms with E-state index in [1.54, 1.807) is 30.3 Å². The van der Waals surface area contributed by atoms with Crippen molar-refractivity contribution in [2.45, 2.75) is 18.1 Å². The molecule has 0 aromatic heterocycles. The molecule has 1 aliphatic heterocycles. The van der Waals surface area contributed by atoms with Crippen LogP contribution in [0.25, 0.3) is 0 Å². The van der Waals surface area contributed by atoms with E-state index in [-0.39, 0.29) is 24.1 Å². The van der Waals surface area contributed by atoms with E-state index < -0.39 is 6.61 Å². The lowest BCUT2D eigenvalue weighted by atomic mass is 10.1. The zero-order valence-electron chi connectivity index (χ0n) is 12.9. The number of hydrogen-bond donors (Lipinski definition) is 2. The molecule has 0 saturated carbocycles. The monoisotopic (exact) mass is 364 g/mol. The van der Waals surface area contributed by atoms with Crippen LogP contribution in [-0.4, -0.2) is 24.2 Å². The summed E-state index contributed by atoms with van der Waals surface area (Å²) >= 11 is 1.42. The number of benzene rings is 2. The number of carbonyl (C=O) groups excluding carboxylic acids is 2. The van der Waals surface area contributed by atoms with E-state index in [0.717, 1.165) is 10.5 Å². The minimum Gasteiger partial charge on any atom is -0.435 e. The second-order valence-electron chi connectivity index (χ2n) is 5.25. The summed E-state index contributed by atoms with van der Waals surface area (Å²) in [6, 6.07) is 11.2. The molecule has 3 rings (SSSR count). The second kappa shape index (κ2) is 7.52. The van der Waals surface area contributed by atoms with E-state index in [2.05, 4.69) is 15.4 Å². The highest BCUT2D eigenvalue weighted by Crippen LogP contribution is 2.31. The van der Waals surface area contributed by atoms with Gasteiger partial charge < -0.3 is 15.4 Å². The SMILES string of the molecule is O=C1CSc2ccc(C(=O)NCc3ccc(OC(F)F)cc3)cc2N1. The number of anilines is 1. The van der Waals surface area contributed by atoms with Gasteiger partial charge in [-0.1, -0.05) is 12.1 Å². The molecule has 0 radical (unpaired) electrons. The van der Waals surface area contributed by atoms with Gasteiger partial charge in [0, 0.05) is 17.0 Å². The molecule has 1 heterocycles. The highest BCUT2D eigenvalue weighted by molar-refractivity contribution is 8.00. The third-order valence-electron chi connectivity index (χ3n) is 3.48. The Labute approximate surface area is 146 Å². The Morgan fingerprint density at radius 3 is 2.72 bits per heavy atom. The van der Waals surface area contributed by atoms with Crippen LogP contribution in [0.3, 0.4) is 0 Å². The molecule has 0 atom stereocenters. The van der Waals surface area contributed by atoms with Crippen molar-refractivity contribution in [2.24, 2.45) is 0 Å². The summed E-state index contributed by atoms with van der Waals surface area (Å²) in [6.07, 6.45) is 0. The minimum absolute atomic E-state index is 0.0630. The summed E-state index contributed by atoms with van der Waals surface area (Å²) in [5.41, 5.74) is 1.80. The molecule has 2 aromatic rings. The normalized spacial score (nSPS) is 13.2. The lowest BCUT2D eigenvalue weighted by Gasteiger charge is -2.17. The van der Waals surface area contributed by atoms with Gasteiger partial charge in [-0.25, -0.2) is 0 Å². The fraction of sp³-hybridized carbons (Fsp3) is 0.176. The molecule has 0 spiro atoms. The van der Waals surface area contributed by atoms with Crippen molar-refractivity contribution in [3.63, 3.8) is 0 Å². The number of amides is 2. The molecule has 2 N–H and O–H groups in total. The topological polar surface area (TPSA) is 67.4 Å². The Bertz CT molecular complexity index is 797. The van der Waals surface area contributed by atoms with Crippen LogP contribution >= 0.6 is 11.8 Å². The van der Waals surface area contributed by atoms with Crippen molar-refractivity contribution >= 4 is 29.3 Å². The first kappa shape index (κ1) is 17.2. The van der Waals surface area contributed by atoms with Crippen molar-refractivity contribution in [1.29, 1.82) is 0 Å². The maximum atomic E-state index is 12.2. The van der Waals surface area contributed by atoms with Crippen molar-refractivity contribution in [3.8, 4) is 5.75 Å². The van der Waals surface area contributed by atoms with Crippen LogP contribution in [0.15, 0.2) is 47.4 Å². The largest absolute Gasteiger partial charge is 0.435 e. The summed E-state index contributed by atoms with van der Waals surface area (Å²) in [7, 11) is 0. The number of thioether (sulfide) groups is 1. The number of carbonyl (C=O) groups is 2. The molecule has 2 amide bonds. The van der Waals surface area contributed by atoms with Crippen LogP contribution in [0.2, 0.25) is 0 Å². The molecule has 25 heavy (non-hydrogen) atoms. The van der Waals surface area contributed by atoms with E-state index in [4.69, 9.17) is 0 Å². The van der Waals surface area contributed by atoms with Gasteiger partial charge in [0.05, 0.1) is 11.4 Å². The van der Waals surface area contributed by atoms with E-state index in [1.165, 1.54) is 23.9 Å². The van der Waals surface area contributed by atoms with Gasteiger partial charge in [-0.05, 0) is 35.9 Å². The molecule has 1 aliphatic rings. The van der Waals surface area contributed by atoms with Crippen LogP contribution in [0.4, 0.5) is 14.5 Å². The predicted octanol–water partition coefficient (Wildman–Crippen LogP) is 3.26. The van der Waals surface area contributed by atoms with Gasteiger partial charge in [0.25, 0.3) is 5.91 Å². The highest BCUT2D eigenvalue weighted by Gasteiger charge is 2.17. The average Bonchev–Trinajstić information content (AvgIpc) is 2.59. The highest BCUT2D eigenvalue weighted by atomic mass is 32.2. The van der Waals surface area contributed by atoms with Crippen molar-refractivity contribution < 1.29 is 23.1 Å². The smallest absolute Gasteiger partial charge is 0.387 e. The van der Waals surface area contributed by atoms with Crippen LogP contribution in [0.1, 0.15) is 15.9 Å². The van der Waals surface area contributed by atoms with Crippen LogP contribution in [0.5, 0.6) is 5.75 Å². The number of hydrogen-bond acceptors (Lipinski definition) is 4. The number of ether oxygens (including phenoxy) is 1. The number of rotatable bonds is 5. The first-order valence-corrected chi connectivity index (χ1v) is 8.38. The molecule has 5 nitrogen and oxygen atoms in total. The molecule has 0 saturated heterocycles. The third-order valence-corrected chi connectivity index (χ3v) is 4.55. The number of alkyl halides is 2. The summed E-state index contributed by atoms with van der Waals surface area (Å²) in [5.74, 6) is 0.0405. The number of nitrogens with one attached hydrogen (secondary N) is 2. The lowest BCUT2D eigenvalue weighted by Crippen LogP contribution is -2.24. The van der Waals surface area contributed by atoms with E-state index in [9.17, 15) is 18.4 Å². The number of fused-ring (bicyclic) bond motifs is 1. The Morgan fingerprint density at radius 2 is 2.00 bits per heavy atom. The fourth-order valence-corrected chi connectivity index (χ4v) is 3.09. The fourth-order valence-electron chi connectivity index (χ4n) is 2.30. The van der Waals surface area contributed by atoms with E-state index in [1.807, 2.05) is 0 Å². The molecule has 0 bridgehead atoms. The molecule has 130 valence electrons. The van der Waals surface area contributed by atoms with Gasteiger partial charge in [0.2, 0.25) is 5.91 Å². The van der Waals surface area contributed by atoms with Crippen LogP contribution in [-0.2, 0) is 11.3 Å². The predicted molar refractivity (Wildman–Crippen MR) is 90.0 cm³/mol. The minimum atomic E-state index is -2.87. The molecular formula is C17H14F2N2O3S. The van der Waals surface area contributed by atoms with Gasteiger partial charge in [0.15, 0.2) is 0 Å². The summed E-state index contributed by atoms with van der Waals surface area (Å²) < 4.78 is 28.5. The van der Waals surface area contributed by atoms with Gasteiger partial charge in [-0.3, -0.25) is 9.59 Å². The maximum absolute atomic E-state index is 12.2. The zero-order chi connectivity index (χ0) is 17.8. The lowest BCUT2D eigenvalue weighted by molar-refractivity contribution is -0.113. The summed E-state index contributed by atoms with van der Waals surface area (Å²) in [4.78, 5) is 24.6. The van der Waals surface area contributed by atoms with Crippen molar-refractivity contribution in [1.82, 2.24) is 5.32 Å². The molecule has 8 heteroatoms. The molecular weight excluding hydrogens is 350 g/mol. The third kappa shape index (κ3) is 4.48. The number of halogens is 2. The standard InChI is InChI=1S/C17H14F2N2O3S/c18-17(19)24-12-4-1-10(2-5-12)8-20-16(23)11-3-6-14-13(7-11)21-15(22)9-25-14/h1-7,17H,8-9H2,(H,20,23)(H,21,22). The van der Waals surface area contributed by atoms with Crippen molar-refractivity contribution in [3.05, 3.63) is 53.6 Å². The summed E-state index contributed by atoms with van der Waals surface area (Å²) in [6.45, 7) is -2.63. The van der Waals surface area contributed by atoms with E-state index >= 15 is 0 Å². The van der Waals surface area contributed by atoms with Gasteiger partial charge in [-0.2, -0.15) is 8.78 Å². The second-order valence-corrected chi connectivity index (χ2v) is 6.27. The Kier molecular flexibility index (Phi) is 5.18. The Morgan fingerprint density at radius 1 is 1.24 bits per heavy atom. The van der Waals surface area contributed by atoms with E-state index in [0.29, 0.717) is 17.0 Å². The molecule has 2 aromatic carbocycles. The maximum Gasteiger partial charge on any atom is 0.387 e. The summed E-state index contributed by atoms with van der Waals surface area (Å²) in [5, 5.41) is 5.48. The zero-order valence-corrected chi connectivity index (χ0v) is 13.7.